The molecule has 0 atom stereocenters. The molecule has 0 unspecified atom stereocenters. The first kappa shape index (κ1) is 33.5. The number of rotatable bonds is 11. The third-order valence-electron chi connectivity index (χ3n) is 6.56. The SMILES string of the molecule is Cc1ccc(S(=O)(=O)N(CC(=O)NCCOc2ccc(S(=O)(=O)N3CCOCC3)cc2)c2ccc(Cl)c(C(F)(F)F)c2)cc1. The fraction of sp³-hybridized carbons (Fsp3) is 0.321. The molecule has 0 radical (unpaired) electrons. The summed E-state index contributed by atoms with van der Waals surface area (Å²) in [5.41, 5.74) is -0.897. The Morgan fingerprint density at radius 2 is 1.59 bits per heavy atom. The van der Waals surface area contributed by atoms with Crippen molar-refractivity contribution in [2.75, 3.05) is 50.3 Å². The largest absolute Gasteiger partial charge is 0.492 e. The zero-order valence-corrected chi connectivity index (χ0v) is 25.8. The molecule has 3 aromatic rings. The van der Waals surface area contributed by atoms with Crippen molar-refractivity contribution in [3.8, 4) is 5.75 Å². The number of alkyl halides is 3. The van der Waals surface area contributed by atoms with E-state index in [1.54, 1.807) is 6.92 Å². The topological polar surface area (TPSA) is 122 Å². The van der Waals surface area contributed by atoms with E-state index in [0.717, 1.165) is 17.7 Å². The van der Waals surface area contributed by atoms with Crippen LogP contribution in [0.4, 0.5) is 18.9 Å². The van der Waals surface area contributed by atoms with Crippen LogP contribution in [0, 0.1) is 6.92 Å². The van der Waals surface area contributed by atoms with Gasteiger partial charge in [0.05, 0.1) is 45.8 Å². The number of anilines is 1. The molecule has 4 rings (SSSR count). The van der Waals surface area contributed by atoms with E-state index < -0.39 is 54.9 Å². The van der Waals surface area contributed by atoms with Gasteiger partial charge in [0.15, 0.2) is 0 Å². The van der Waals surface area contributed by atoms with E-state index in [-0.39, 0.29) is 36.0 Å². The number of amides is 1. The molecule has 0 bridgehead atoms. The zero-order chi connectivity index (χ0) is 32.1. The van der Waals surface area contributed by atoms with Crippen molar-refractivity contribution < 1.29 is 44.3 Å². The van der Waals surface area contributed by atoms with Crippen LogP contribution in [0.15, 0.2) is 76.5 Å². The number of benzene rings is 3. The summed E-state index contributed by atoms with van der Waals surface area (Å²) in [6.07, 6.45) is -4.86. The minimum atomic E-state index is -4.86. The van der Waals surface area contributed by atoms with Crippen molar-refractivity contribution >= 4 is 43.2 Å². The van der Waals surface area contributed by atoms with Crippen LogP contribution in [-0.4, -0.2) is 73.0 Å². The number of carbonyl (C=O) groups is 1. The van der Waals surface area contributed by atoms with Crippen molar-refractivity contribution in [1.82, 2.24) is 9.62 Å². The Balaban J connectivity index is 1.42. The van der Waals surface area contributed by atoms with E-state index in [9.17, 15) is 34.8 Å². The molecule has 1 saturated heterocycles. The summed E-state index contributed by atoms with van der Waals surface area (Å²) < 4.78 is 106. The van der Waals surface area contributed by atoms with Crippen molar-refractivity contribution in [2.24, 2.45) is 0 Å². The number of sulfonamides is 2. The molecule has 1 amide bonds. The number of ether oxygens (including phenoxy) is 2. The van der Waals surface area contributed by atoms with Gasteiger partial charge in [-0.1, -0.05) is 29.3 Å². The molecule has 10 nitrogen and oxygen atoms in total. The summed E-state index contributed by atoms with van der Waals surface area (Å²) in [6.45, 7) is 1.90. The third-order valence-corrected chi connectivity index (χ3v) is 10.6. The molecule has 16 heteroatoms. The summed E-state index contributed by atoms with van der Waals surface area (Å²) in [5, 5.41) is 1.87. The Morgan fingerprint density at radius 1 is 0.977 bits per heavy atom. The highest BCUT2D eigenvalue weighted by Gasteiger charge is 2.35. The average molecular weight is 676 g/mol. The van der Waals surface area contributed by atoms with E-state index in [0.29, 0.717) is 29.3 Å². The van der Waals surface area contributed by atoms with Gasteiger partial charge < -0.3 is 14.8 Å². The van der Waals surface area contributed by atoms with Gasteiger partial charge in [-0.3, -0.25) is 9.10 Å². The Hall–Kier alpha value is -3.37. The van der Waals surface area contributed by atoms with E-state index >= 15 is 0 Å². The predicted octanol–water partition coefficient (Wildman–Crippen LogP) is 4.08. The van der Waals surface area contributed by atoms with Gasteiger partial charge in [0.2, 0.25) is 15.9 Å². The maximum Gasteiger partial charge on any atom is 0.417 e. The fourth-order valence-corrected chi connectivity index (χ4v) is 7.27. The second-order valence-corrected chi connectivity index (χ2v) is 13.9. The molecule has 0 aliphatic carbocycles. The number of morpholine rings is 1. The number of carbonyl (C=O) groups excluding carboxylic acids is 1. The minimum absolute atomic E-state index is 0.0643. The number of nitrogens with zero attached hydrogens (tertiary/aromatic N) is 2. The monoisotopic (exact) mass is 675 g/mol. The van der Waals surface area contributed by atoms with Crippen LogP contribution in [0.1, 0.15) is 11.1 Å². The van der Waals surface area contributed by atoms with Crippen LogP contribution < -0.4 is 14.4 Å². The first-order chi connectivity index (χ1) is 20.7. The quantitative estimate of drug-likeness (QED) is 0.304. The summed E-state index contributed by atoms with van der Waals surface area (Å²) >= 11 is 5.72. The highest BCUT2D eigenvalue weighted by molar-refractivity contribution is 7.92. The molecule has 238 valence electrons. The van der Waals surface area contributed by atoms with Crippen molar-refractivity contribution in [3.05, 3.63) is 82.9 Å². The number of hydrogen-bond donors (Lipinski definition) is 1. The van der Waals surface area contributed by atoms with Crippen LogP contribution in [0.5, 0.6) is 5.75 Å². The van der Waals surface area contributed by atoms with Gasteiger partial charge in [0.25, 0.3) is 10.0 Å². The molecule has 1 aliphatic heterocycles. The molecule has 0 spiro atoms. The first-order valence-corrected chi connectivity index (χ1v) is 16.5. The lowest BCUT2D eigenvalue weighted by atomic mass is 10.2. The van der Waals surface area contributed by atoms with Gasteiger partial charge >= 0.3 is 6.18 Å². The minimum Gasteiger partial charge on any atom is -0.492 e. The molecule has 44 heavy (non-hydrogen) atoms. The van der Waals surface area contributed by atoms with E-state index in [1.165, 1.54) is 52.8 Å². The molecule has 1 heterocycles. The maximum atomic E-state index is 13.5. The number of halogens is 4. The number of nitrogens with one attached hydrogen (secondary N) is 1. The molecule has 1 fully saturated rings. The summed E-state index contributed by atoms with van der Waals surface area (Å²) in [6, 6.07) is 13.9. The molecule has 3 aromatic carbocycles. The first-order valence-electron chi connectivity index (χ1n) is 13.2. The zero-order valence-electron chi connectivity index (χ0n) is 23.4. The molecular weight excluding hydrogens is 647 g/mol. The van der Waals surface area contributed by atoms with Gasteiger partial charge in [-0.05, 0) is 61.5 Å². The van der Waals surface area contributed by atoms with Crippen molar-refractivity contribution in [2.45, 2.75) is 22.9 Å². The molecule has 1 N–H and O–H groups in total. The van der Waals surface area contributed by atoms with Gasteiger partial charge in [-0.15, -0.1) is 0 Å². The summed E-state index contributed by atoms with van der Waals surface area (Å²) in [7, 11) is -8.15. The second kappa shape index (κ2) is 13.7. The van der Waals surface area contributed by atoms with Crippen LogP contribution in [0.2, 0.25) is 5.02 Å². The smallest absolute Gasteiger partial charge is 0.417 e. The molecule has 0 aromatic heterocycles. The van der Waals surface area contributed by atoms with E-state index in [1.807, 2.05) is 0 Å². The Labute approximate surface area is 258 Å². The van der Waals surface area contributed by atoms with Crippen molar-refractivity contribution in [1.29, 1.82) is 0 Å². The fourth-order valence-electron chi connectivity index (χ4n) is 4.23. The molecule has 0 saturated carbocycles. The second-order valence-electron chi connectivity index (χ2n) is 9.67. The van der Waals surface area contributed by atoms with Crippen molar-refractivity contribution in [3.63, 3.8) is 0 Å². The third kappa shape index (κ3) is 8.01. The maximum absolute atomic E-state index is 13.5. The highest BCUT2D eigenvalue weighted by Crippen LogP contribution is 2.38. The highest BCUT2D eigenvalue weighted by atomic mass is 35.5. The Morgan fingerprint density at radius 3 is 2.20 bits per heavy atom. The summed E-state index contributed by atoms with van der Waals surface area (Å²) in [4.78, 5) is 12.7. The normalized spacial score (nSPS) is 14.7. The summed E-state index contributed by atoms with van der Waals surface area (Å²) in [5.74, 6) is -0.482. The van der Waals surface area contributed by atoms with Gasteiger partial charge in [0.1, 0.15) is 18.9 Å². The van der Waals surface area contributed by atoms with Gasteiger partial charge in [-0.2, -0.15) is 17.5 Å². The lowest BCUT2D eigenvalue weighted by molar-refractivity contribution is -0.137. The standard InChI is InChI=1S/C28H29ClF3N3O7S2/c1-20-2-7-24(8-3-20)44(39,40)35(21-4-11-26(29)25(18-21)28(30,31)32)19-27(36)33-12-15-42-22-5-9-23(10-6-22)43(37,38)34-13-16-41-17-14-34/h2-11,18H,12-17,19H2,1H3,(H,33,36). The van der Waals surface area contributed by atoms with Crippen LogP contribution in [0.3, 0.4) is 0 Å². The number of aryl methyl sites for hydroxylation is 1. The number of hydrogen-bond acceptors (Lipinski definition) is 7. The molecule has 1 aliphatic rings. The Bertz CT molecular complexity index is 1680. The van der Waals surface area contributed by atoms with Gasteiger partial charge in [0, 0.05) is 13.1 Å². The predicted molar refractivity (Wildman–Crippen MR) is 157 cm³/mol. The van der Waals surface area contributed by atoms with Gasteiger partial charge in [-0.25, -0.2) is 16.8 Å². The van der Waals surface area contributed by atoms with Crippen LogP contribution >= 0.6 is 11.6 Å². The molecular formula is C28H29ClF3N3O7S2. The average Bonchev–Trinajstić information content (AvgIpc) is 2.99. The van der Waals surface area contributed by atoms with Crippen LogP contribution in [-0.2, 0) is 35.8 Å². The van der Waals surface area contributed by atoms with E-state index in [4.69, 9.17) is 21.1 Å². The lowest BCUT2D eigenvalue weighted by Crippen LogP contribution is -2.42. The lowest BCUT2D eigenvalue weighted by Gasteiger charge is -2.26. The van der Waals surface area contributed by atoms with E-state index in [2.05, 4.69) is 5.32 Å². The Kier molecular flexibility index (Phi) is 10.5. The van der Waals surface area contributed by atoms with Crippen LogP contribution in [0.25, 0.3) is 0 Å².